The summed E-state index contributed by atoms with van der Waals surface area (Å²) in [6, 6.07) is 81.8. The molecule has 0 saturated carbocycles. The quantitative estimate of drug-likeness (QED) is 0.151. The lowest BCUT2D eigenvalue weighted by Crippen LogP contribution is -2.28. The van der Waals surface area contributed by atoms with Gasteiger partial charge in [-0.05, 0) is 133 Å². The highest BCUT2D eigenvalue weighted by molar-refractivity contribution is 5.87. The number of hydrogen-bond acceptors (Lipinski definition) is 2. The Morgan fingerprint density at radius 1 is 0.406 bits per heavy atom. The van der Waals surface area contributed by atoms with Gasteiger partial charge in [-0.3, -0.25) is 0 Å². The molecule has 0 amide bonds. The van der Waals surface area contributed by atoms with E-state index in [-0.39, 0.29) is 0 Å². The predicted molar refractivity (Wildman–Crippen MR) is 266 cm³/mol. The van der Waals surface area contributed by atoms with E-state index in [1.165, 1.54) is 55.6 Å². The molecule has 304 valence electrons. The minimum absolute atomic E-state index is 0.464. The highest BCUT2D eigenvalue weighted by Gasteiger charge is 2.45. The summed E-state index contributed by atoms with van der Waals surface area (Å²) in [5.41, 5.74) is 18.6. The molecule has 0 radical (unpaired) electrons. The second kappa shape index (κ2) is 16.6. The predicted octanol–water partition coefficient (Wildman–Crippen LogP) is 16.1. The second-order valence-electron chi connectivity index (χ2n) is 16.5. The second-order valence-corrected chi connectivity index (χ2v) is 16.5. The summed E-state index contributed by atoms with van der Waals surface area (Å²) in [6.45, 7) is 4.06. The van der Waals surface area contributed by atoms with E-state index in [2.05, 4.69) is 242 Å². The number of hydrogen-bond donors (Lipinski definition) is 0. The molecule has 0 atom stereocenters. The molecule has 0 bridgehead atoms. The first kappa shape index (κ1) is 38.7. The lowest BCUT2D eigenvalue weighted by Gasteiger charge is -2.34. The van der Waals surface area contributed by atoms with Crippen LogP contribution >= 0.6 is 0 Å². The number of allylic oxidation sites excluding steroid dienone is 4. The van der Waals surface area contributed by atoms with E-state index in [4.69, 9.17) is 4.74 Å². The molecule has 1 aliphatic heterocycles. The van der Waals surface area contributed by atoms with Crippen LogP contribution in [0.4, 0.5) is 17.1 Å². The van der Waals surface area contributed by atoms with Crippen LogP contribution in [0.15, 0.2) is 261 Å². The number of rotatable bonds is 8. The Labute approximate surface area is 376 Å². The van der Waals surface area contributed by atoms with Crippen LogP contribution in [0, 0.1) is 0 Å². The lowest BCUT2D eigenvalue weighted by atomic mass is 9.68. The van der Waals surface area contributed by atoms with Crippen molar-refractivity contribution in [1.29, 1.82) is 0 Å². The van der Waals surface area contributed by atoms with Crippen LogP contribution in [-0.2, 0) is 11.8 Å². The van der Waals surface area contributed by atoms with Gasteiger partial charge in [-0.15, -0.1) is 0 Å². The monoisotopic (exact) mass is 819 g/mol. The zero-order valence-electron chi connectivity index (χ0n) is 35.4. The van der Waals surface area contributed by atoms with Gasteiger partial charge in [0.2, 0.25) is 0 Å². The summed E-state index contributed by atoms with van der Waals surface area (Å²) < 4.78 is 6.10. The van der Waals surface area contributed by atoms with Crippen molar-refractivity contribution < 1.29 is 4.74 Å². The molecular formula is C62H45NO. The van der Waals surface area contributed by atoms with Crippen LogP contribution in [0.3, 0.4) is 0 Å². The number of benzene rings is 9. The van der Waals surface area contributed by atoms with Crippen LogP contribution in [0.25, 0.3) is 44.5 Å². The molecular weight excluding hydrogens is 775 g/mol. The van der Waals surface area contributed by atoms with Gasteiger partial charge in [0, 0.05) is 17.1 Å². The summed E-state index contributed by atoms with van der Waals surface area (Å²) in [5.74, 6) is 1.46. The summed E-state index contributed by atoms with van der Waals surface area (Å²) >= 11 is 0. The fourth-order valence-electron chi connectivity index (χ4n) is 9.74. The number of ether oxygens (including phenoxy) is 1. The molecule has 9 aromatic carbocycles. The summed E-state index contributed by atoms with van der Waals surface area (Å²) in [7, 11) is 0. The van der Waals surface area contributed by atoms with Gasteiger partial charge in [0.1, 0.15) is 11.5 Å². The fourth-order valence-corrected chi connectivity index (χ4v) is 9.74. The minimum Gasteiger partial charge on any atom is -0.458 e. The topological polar surface area (TPSA) is 12.5 Å². The van der Waals surface area contributed by atoms with Gasteiger partial charge in [-0.2, -0.15) is 0 Å². The average molecular weight is 820 g/mol. The van der Waals surface area contributed by atoms with Gasteiger partial charge in [-0.1, -0.05) is 201 Å². The Bertz CT molecular complexity index is 3130. The standard InChI is InChI=1S/C62H45NO/c1-44-15-5-2-8-18-51-43-50(33-42-61(51)64-44)49-31-38-55(39-32-49)63(54-36-29-48(30-37-54)47-27-25-46(26-28-47)45-16-6-3-7-17-45)56-40-34-53(35-41-56)62(52-19-9-4-10-20-52)59-23-13-11-21-57(59)58-22-12-14-24-60(58)62/h2-17,19-43H,1,18H2/b8-2-,15-5-. The SMILES string of the molecule is C=C1/C=C\C=C/Cc2cc(-c3ccc(N(c4ccc(-c5ccc(-c6ccccc6)cc5)cc4)c4ccc(C5(c6ccccc6)c6ccccc6-c6ccccc65)cc4)cc3)ccc2O1. The molecule has 1 heterocycles. The summed E-state index contributed by atoms with van der Waals surface area (Å²) in [4.78, 5) is 2.36. The summed E-state index contributed by atoms with van der Waals surface area (Å²) in [5, 5.41) is 0. The van der Waals surface area contributed by atoms with E-state index in [0.29, 0.717) is 5.76 Å². The minimum atomic E-state index is -0.464. The van der Waals surface area contributed by atoms with E-state index in [0.717, 1.165) is 45.9 Å². The zero-order valence-corrected chi connectivity index (χ0v) is 35.4. The third kappa shape index (κ3) is 6.96. The first-order valence-electron chi connectivity index (χ1n) is 22.0. The molecule has 0 N–H and O–H groups in total. The molecule has 64 heavy (non-hydrogen) atoms. The van der Waals surface area contributed by atoms with Crippen molar-refractivity contribution in [3.63, 3.8) is 0 Å². The molecule has 0 spiro atoms. The van der Waals surface area contributed by atoms with Gasteiger partial charge >= 0.3 is 0 Å². The maximum Gasteiger partial charge on any atom is 0.130 e. The molecule has 2 aliphatic rings. The zero-order chi connectivity index (χ0) is 42.9. The lowest BCUT2D eigenvalue weighted by molar-refractivity contribution is 0.443. The molecule has 2 heteroatoms. The third-order valence-electron chi connectivity index (χ3n) is 12.8. The van der Waals surface area contributed by atoms with Crippen molar-refractivity contribution in [2.24, 2.45) is 0 Å². The normalized spacial score (nSPS) is 14.4. The molecule has 0 saturated heterocycles. The van der Waals surface area contributed by atoms with Crippen LogP contribution < -0.4 is 9.64 Å². The van der Waals surface area contributed by atoms with Crippen molar-refractivity contribution >= 4 is 17.1 Å². The molecule has 0 unspecified atom stereocenters. The molecule has 2 nitrogen and oxygen atoms in total. The van der Waals surface area contributed by atoms with Crippen LogP contribution in [-0.4, -0.2) is 0 Å². The van der Waals surface area contributed by atoms with E-state index < -0.39 is 5.41 Å². The van der Waals surface area contributed by atoms with Crippen LogP contribution in [0.5, 0.6) is 5.75 Å². The fraction of sp³-hybridized carbons (Fsp3) is 0.0323. The molecule has 0 aromatic heterocycles. The highest BCUT2D eigenvalue weighted by Crippen LogP contribution is 2.56. The van der Waals surface area contributed by atoms with Gasteiger partial charge in [0.25, 0.3) is 0 Å². The Kier molecular flexibility index (Phi) is 10.0. The first-order chi connectivity index (χ1) is 31.6. The van der Waals surface area contributed by atoms with Crippen molar-refractivity contribution in [2.45, 2.75) is 11.8 Å². The largest absolute Gasteiger partial charge is 0.458 e. The smallest absolute Gasteiger partial charge is 0.130 e. The Hall–Kier alpha value is -8.20. The Morgan fingerprint density at radius 3 is 1.42 bits per heavy atom. The average Bonchev–Trinajstić information content (AvgIpc) is 3.71. The molecule has 0 fully saturated rings. The van der Waals surface area contributed by atoms with Crippen molar-refractivity contribution in [3.05, 3.63) is 289 Å². The highest BCUT2D eigenvalue weighted by atomic mass is 16.5. The van der Waals surface area contributed by atoms with Crippen molar-refractivity contribution in [1.82, 2.24) is 0 Å². The van der Waals surface area contributed by atoms with Crippen molar-refractivity contribution in [3.8, 4) is 50.3 Å². The van der Waals surface area contributed by atoms with Gasteiger partial charge in [0.05, 0.1) is 5.41 Å². The van der Waals surface area contributed by atoms with E-state index >= 15 is 0 Å². The van der Waals surface area contributed by atoms with Gasteiger partial charge < -0.3 is 9.64 Å². The van der Waals surface area contributed by atoms with E-state index in [9.17, 15) is 0 Å². The summed E-state index contributed by atoms with van der Waals surface area (Å²) in [6.07, 6.45) is 8.84. The Balaban J connectivity index is 0.990. The van der Waals surface area contributed by atoms with Crippen LogP contribution in [0.2, 0.25) is 0 Å². The maximum atomic E-state index is 6.10. The molecule has 9 aromatic rings. The maximum absolute atomic E-state index is 6.10. The van der Waals surface area contributed by atoms with Gasteiger partial charge in [0.15, 0.2) is 0 Å². The number of fused-ring (bicyclic) bond motifs is 4. The van der Waals surface area contributed by atoms with Crippen molar-refractivity contribution in [2.75, 3.05) is 4.90 Å². The third-order valence-corrected chi connectivity index (χ3v) is 12.8. The van der Waals surface area contributed by atoms with Crippen LogP contribution in [0.1, 0.15) is 27.8 Å². The molecule has 1 aliphatic carbocycles. The first-order valence-corrected chi connectivity index (χ1v) is 22.0. The van der Waals surface area contributed by atoms with E-state index in [1.807, 2.05) is 18.2 Å². The number of nitrogens with zero attached hydrogens (tertiary/aromatic N) is 1. The Morgan fingerprint density at radius 2 is 0.844 bits per heavy atom. The van der Waals surface area contributed by atoms with E-state index in [1.54, 1.807) is 0 Å². The molecule has 11 rings (SSSR count). The number of anilines is 3. The van der Waals surface area contributed by atoms with Gasteiger partial charge in [-0.25, -0.2) is 0 Å².